The van der Waals surface area contributed by atoms with E-state index in [0.717, 1.165) is 25.7 Å². The van der Waals surface area contributed by atoms with Crippen LogP contribution in [-0.2, 0) is 14.3 Å². The number of carbonyl (C=O) groups excluding carboxylic acids is 1. The van der Waals surface area contributed by atoms with Gasteiger partial charge in [-0.1, -0.05) is 31.0 Å². The molecule has 9 heteroatoms. The molecule has 9 nitrogen and oxygen atoms in total. The molecule has 0 bridgehead atoms. The van der Waals surface area contributed by atoms with Gasteiger partial charge >= 0.3 is 11.9 Å². The van der Waals surface area contributed by atoms with E-state index in [1.807, 2.05) is 0 Å². The molecule has 168 valence electrons. The van der Waals surface area contributed by atoms with Crippen LogP contribution in [0.4, 0.5) is 5.69 Å². The van der Waals surface area contributed by atoms with Crippen molar-refractivity contribution >= 4 is 17.6 Å². The lowest BCUT2D eigenvalue weighted by molar-refractivity contribution is -0.385. The summed E-state index contributed by atoms with van der Waals surface area (Å²) in [4.78, 5) is 36.3. The van der Waals surface area contributed by atoms with Crippen LogP contribution in [0.15, 0.2) is 46.8 Å². The first kappa shape index (κ1) is 23.0. The lowest BCUT2D eigenvalue weighted by Crippen LogP contribution is -2.32. The average molecular weight is 439 g/mol. The number of allylic oxidation sites excluding steroid dienone is 2. The zero-order valence-corrected chi connectivity index (χ0v) is 18.0. The summed E-state index contributed by atoms with van der Waals surface area (Å²) < 4.78 is 5.49. The zero-order valence-electron chi connectivity index (χ0n) is 18.0. The second kappa shape index (κ2) is 9.64. The number of esters is 1. The Bertz CT molecular complexity index is 1050. The molecule has 0 spiro atoms. The molecule has 1 saturated carbocycles. The van der Waals surface area contributed by atoms with Crippen molar-refractivity contribution in [1.82, 2.24) is 5.32 Å². The van der Waals surface area contributed by atoms with E-state index in [1.54, 1.807) is 19.9 Å². The number of rotatable bonds is 7. The number of para-hydroxylation sites is 1. The summed E-state index contributed by atoms with van der Waals surface area (Å²) in [6.07, 6.45) is 3.89. The summed E-state index contributed by atoms with van der Waals surface area (Å²) in [5, 5.41) is 33.9. The minimum Gasteiger partial charge on any atom is -0.478 e. The number of benzene rings is 1. The molecule has 2 atom stereocenters. The molecule has 2 unspecified atom stereocenters. The highest BCUT2D eigenvalue weighted by Crippen LogP contribution is 2.42. The number of ether oxygens (including phenoxy) is 1. The van der Waals surface area contributed by atoms with E-state index in [4.69, 9.17) is 4.74 Å². The molecular weight excluding hydrogens is 414 g/mol. The first-order valence-corrected chi connectivity index (χ1v) is 10.5. The molecule has 0 amide bonds. The molecular formula is C23H25N3O6. The molecule has 1 aromatic carbocycles. The number of nitro benzene ring substituents is 1. The molecule has 3 rings (SSSR count). The van der Waals surface area contributed by atoms with Crippen molar-refractivity contribution in [1.29, 1.82) is 5.26 Å². The van der Waals surface area contributed by atoms with Crippen LogP contribution in [0, 0.1) is 33.3 Å². The van der Waals surface area contributed by atoms with Gasteiger partial charge in [-0.25, -0.2) is 9.59 Å². The summed E-state index contributed by atoms with van der Waals surface area (Å²) in [7, 11) is 0. The standard InChI is InChI=1S/C23H25N3O6/c1-13-19(22(27)28)21(17-9-5-6-10-18(17)26(30)31)20(14(2)25-13)23(29)32-12-16(11-24)15-7-3-4-8-15/h5-6,9-10,15-16,21,25H,3-4,7-8,12H2,1-2H3,(H,27,28). The van der Waals surface area contributed by atoms with Gasteiger partial charge < -0.3 is 15.2 Å². The maximum atomic E-state index is 13.2. The van der Waals surface area contributed by atoms with Gasteiger partial charge in [0.1, 0.15) is 6.61 Å². The van der Waals surface area contributed by atoms with Crippen molar-refractivity contribution in [3.8, 4) is 6.07 Å². The van der Waals surface area contributed by atoms with Crippen molar-refractivity contribution in [2.24, 2.45) is 11.8 Å². The fourth-order valence-electron chi connectivity index (χ4n) is 4.64. The second-order valence-electron chi connectivity index (χ2n) is 8.14. The summed E-state index contributed by atoms with van der Waals surface area (Å²) in [5.74, 6) is -3.55. The average Bonchev–Trinajstić information content (AvgIpc) is 3.27. The number of nitrogens with zero attached hydrogens (tertiary/aromatic N) is 2. The smallest absolute Gasteiger partial charge is 0.336 e. The maximum Gasteiger partial charge on any atom is 0.336 e. The fraction of sp³-hybridized carbons (Fsp3) is 0.435. The number of carboxylic acid groups (broad SMARTS) is 1. The number of hydrogen-bond donors (Lipinski definition) is 2. The number of aliphatic carboxylic acids is 1. The highest BCUT2D eigenvalue weighted by atomic mass is 16.6. The highest BCUT2D eigenvalue weighted by Gasteiger charge is 2.40. The SMILES string of the molecule is CC1=C(C(=O)O)C(c2ccccc2[N+](=O)[O-])C(C(=O)OCC(C#N)C2CCCC2)=C(C)N1. The molecule has 1 aliphatic heterocycles. The number of hydrogen-bond acceptors (Lipinski definition) is 7. The van der Waals surface area contributed by atoms with Crippen molar-refractivity contribution in [2.45, 2.75) is 45.4 Å². The topological polar surface area (TPSA) is 143 Å². The largest absolute Gasteiger partial charge is 0.478 e. The normalized spacial score (nSPS) is 19.8. The third kappa shape index (κ3) is 4.49. The van der Waals surface area contributed by atoms with Crippen LogP contribution in [0.3, 0.4) is 0 Å². The number of dihydropyridines is 1. The van der Waals surface area contributed by atoms with Crippen LogP contribution in [0.1, 0.15) is 51.0 Å². The number of nitriles is 1. The van der Waals surface area contributed by atoms with Crippen molar-refractivity contribution in [3.63, 3.8) is 0 Å². The number of carbonyl (C=O) groups is 2. The monoisotopic (exact) mass is 439 g/mol. The molecule has 0 aromatic heterocycles. The number of nitrogens with one attached hydrogen (secondary N) is 1. The van der Waals surface area contributed by atoms with E-state index in [1.165, 1.54) is 18.2 Å². The molecule has 2 N–H and O–H groups in total. The second-order valence-corrected chi connectivity index (χ2v) is 8.14. The fourth-order valence-corrected chi connectivity index (χ4v) is 4.64. The minimum absolute atomic E-state index is 0.00888. The molecule has 2 aliphatic rings. The van der Waals surface area contributed by atoms with Crippen molar-refractivity contribution in [3.05, 3.63) is 62.5 Å². The van der Waals surface area contributed by atoms with Crippen LogP contribution in [0.2, 0.25) is 0 Å². The van der Waals surface area contributed by atoms with Gasteiger partial charge in [0.2, 0.25) is 0 Å². The van der Waals surface area contributed by atoms with E-state index in [0.29, 0.717) is 5.70 Å². The molecule has 32 heavy (non-hydrogen) atoms. The molecule has 1 heterocycles. The molecule has 0 radical (unpaired) electrons. The van der Waals surface area contributed by atoms with E-state index < -0.39 is 28.7 Å². The van der Waals surface area contributed by atoms with Crippen LogP contribution in [-0.4, -0.2) is 28.6 Å². The number of nitro groups is 1. The minimum atomic E-state index is -1.29. The predicted octanol–water partition coefficient (Wildman–Crippen LogP) is 3.79. The Labute approximate surface area is 185 Å². The Hall–Kier alpha value is -3.67. The van der Waals surface area contributed by atoms with E-state index in [9.17, 15) is 30.1 Å². The summed E-state index contributed by atoms with van der Waals surface area (Å²) in [6, 6.07) is 7.97. The maximum absolute atomic E-state index is 13.2. The molecule has 0 saturated heterocycles. The van der Waals surface area contributed by atoms with E-state index in [-0.39, 0.29) is 40.6 Å². The van der Waals surface area contributed by atoms with Gasteiger partial charge in [0.15, 0.2) is 0 Å². The third-order valence-electron chi connectivity index (χ3n) is 6.18. The summed E-state index contributed by atoms with van der Waals surface area (Å²) in [5.41, 5.74) is 0.278. The van der Waals surface area contributed by atoms with Gasteiger partial charge in [0.05, 0.1) is 34.0 Å². The quantitative estimate of drug-likeness (QED) is 0.371. The van der Waals surface area contributed by atoms with Crippen molar-refractivity contribution in [2.75, 3.05) is 6.61 Å². The van der Waals surface area contributed by atoms with E-state index in [2.05, 4.69) is 11.4 Å². The van der Waals surface area contributed by atoms with Gasteiger partial charge in [-0.2, -0.15) is 5.26 Å². The third-order valence-corrected chi connectivity index (χ3v) is 6.18. The van der Waals surface area contributed by atoms with Gasteiger partial charge in [-0.15, -0.1) is 0 Å². The lowest BCUT2D eigenvalue weighted by Gasteiger charge is -2.29. The number of carboxylic acids is 1. The van der Waals surface area contributed by atoms with Gasteiger partial charge in [0.25, 0.3) is 5.69 Å². The van der Waals surface area contributed by atoms with Crippen LogP contribution in [0.5, 0.6) is 0 Å². The van der Waals surface area contributed by atoms with Crippen LogP contribution in [0.25, 0.3) is 0 Å². The highest BCUT2D eigenvalue weighted by molar-refractivity contribution is 5.99. The van der Waals surface area contributed by atoms with Crippen LogP contribution >= 0.6 is 0 Å². The van der Waals surface area contributed by atoms with Gasteiger partial charge in [-0.05, 0) is 32.6 Å². The van der Waals surface area contributed by atoms with E-state index >= 15 is 0 Å². The summed E-state index contributed by atoms with van der Waals surface area (Å²) in [6.45, 7) is 3.04. The molecule has 1 aliphatic carbocycles. The Balaban J connectivity index is 1.99. The Kier molecular flexibility index (Phi) is 6.93. The van der Waals surface area contributed by atoms with Gasteiger partial charge in [-0.3, -0.25) is 10.1 Å². The lowest BCUT2D eigenvalue weighted by atomic mass is 9.79. The first-order chi connectivity index (χ1) is 15.3. The van der Waals surface area contributed by atoms with Crippen molar-refractivity contribution < 1.29 is 24.4 Å². The first-order valence-electron chi connectivity index (χ1n) is 10.5. The predicted molar refractivity (Wildman–Crippen MR) is 114 cm³/mol. The van der Waals surface area contributed by atoms with Crippen LogP contribution < -0.4 is 5.32 Å². The van der Waals surface area contributed by atoms with Gasteiger partial charge in [0, 0.05) is 23.0 Å². The Morgan fingerprint density at radius 3 is 2.47 bits per heavy atom. The Morgan fingerprint density at radius 1 is 1.25 bits per heavy atom. The molecule has 1 aromatic rings. The Morgan fingerprint density at radius 2 is 1.88 bits per heavy atom. The molecule has 1 fully saturated rings. The zero-order chi connectivity index (χ0) is 23.4. The summed E-state index contributed by atoms with van der Waals surface area (Å²) >= 11 is 0.